The Morgan fingerprint density at radius 1 is 1.03 bits per heavy atom. The van der Waals surface area contributed by atoms with Crippen LogP contribution in [0.4, 0.5) is 18.9 Å². The number of ether oxygens (including phenoxy) is 1. The van der Waals surface area contributed by atoms with Crippen molar-refractivity contribution in [2.75, 3.05) is 24.5 Å². The van der Waals surface area contributed by atoms with Gasteiger partial charge in [-0.25, -0.2) is 8.42 Å². The van der Waals surface area contributed by atoms with Crippen molar-refractivity contribution in [1.82, 2.24) is 5.32 Å². The minimum absolute atomic E-state index is 0.167. The van der Waals surface area contributed by atoms with Crippen molar-refractivity contribution in [3.05, 3.63) is 88.9 Å². The highest BCUT2D eigenvalue weighted by atomic mass is 35.5. The van der Waals surface area contributed by atoms with E-state index in [1.807, 2.05) is 24.3 Å². The quantitative estimate of drug-likeness (QED) is 0.354. The number of anilines is 1. The zero-order chi connectivity index (χ0) is 26.3. The van der Waals surface area contributed by atoms with Crippen LogP contribution in [0.5, 0.6) is 5.75 Å². The van der Waals surface area contributed by atoms with Crippen molar-refractivity contribution in [3.63, 3.8) is 0 Å². The molecule has 11 heteroatoms. The smallest absolute Gasteiger partial charge is 0.417 e. The second-order valence-corrected chi connectivity index (χ2v) is 10.1. The van der Waals surface area contributed by atoms with Gasteiger partial charge in [-0.2, -0.15) is 13.2 Å². The third-order valence-corrected chi connectivity index (χ3v) is 7.38. The number of alkyl halides is 3. The molecule has 0 spiro atoms. The van der Waals surface area contributed by atoms with Gasteiger partial charge in [0.1, 0.15) is 12.3 Å². The van der Waals surface area contributed by atoms with Crippen molar-refractivity contribution in [1.29, 1.82) is 0 Å². The Kier molecular flexibility index (Phi) is 8.86. The number of nitrogens with one attached hydrogen (secondary N) is 1. The first-order valence-electron chi connectivity index (χ1n) is 10.9. The summed E-state index contributed by atoms with van der Waals surface area (Å²) in [5.41, 5.74) is -0.534. The van der Waals surface area contributed by atoms with E-state index in [0.717, 1.165) is 17.7 Å². The summed E-state index contributed by atoms with van der Waals surface area (Å²) in [6.07, 6.45) is -3.61. The predicted molar refractivity (Wildman–Crippen MR) is 132 cm³/mol. The molecule has 0 unspecified atom stereocenters. The van der Waals surface area contributed by atoms with Gasteiger partial charge in [0.05, 0.1) is 28.3 Å². The number of nitrogens with zero attached hydrogens (tertiary/aromatic N) is 1. The van der Waals surface area contributed by atoms with Crippen LogP contribution in [0.2, 0.25) is 5.02 Å². The van der Waals surface area contributed by atoms with Gasteiger partial charge in [-0.3, -0.25) is 9.10 Å². The van der Waals surface area contributed by atoms with Gasteiger partial charge in [-0.1, -0.05) is 41.9 Å². The third-order valence-electron chi connectivity index (χ3n) is 5.26. The number of carbonyl (C=O) groups is 1. The van der Waals surface area contributed by atoms with Gasteiger partial charge in [-0.15, -0.1) is 0 Å². The van der Waals surface area contributed by atoms with E-state index in [0.29, 0.717) is 29.0 Å². The van der Waals surface area contributed by atoms with E-state index in [1.165, 1.54) is 24.3 Å². The van der Waals surface area contributed by atoms with Crippen LogP contribution in [0, 0.1) is 0 Å². The topological polar surface area (TPSA) is 75.7 Å². The summed E-state index contributed by atoms with van der Waals surface area (Å²) >= 11 is 5.70. The second kappa shape index (κ2) is 11.7. The van der Waals surface area contributed by atoms with Gasteiger partial charge in [0.2, 0.25) is 5.91 Å². The van der Waals surface area contributed by atoms with Gasteiger partial charge in [0.15, 0.2) is 0 Å². The lowest BCUT2D eigenvalue weighted by Gasteiger charge is -2.25. The Morgan fingerprint density at radius 3 is 2.42 bits per heavy atom. The SMILES string of the molecule is COc1cccc(CCCNC(=O)CN(c2ccc(Cl)c(C(F)(F)F)c2)S(=O)(=O)c2ccccc2)c1. The average molecular weight is 541 g/mol. The Labute approximate surface area is 212 Å². The zero-order valence-corrected chi connectivity index (χ0v) is 20.8. The third kappa shape index (κ3) is 6.92. The lowest BCUT2D eigenvalue weighted by molar-refractivity contribution is -0.137. The Bertz CT molecular complexity index is 1300. The molecule has 0 aliphatic heterocycles. The highest BCUT2D eigenvalue weighted by Crippen LogP contribution is 2.38. The molecule has 0 bridgehead atoms. The molecule has 1 amide bonds. The van der Waals surface area contributed by atoms with Crippen LogP contribution in [0.1, 0.15) is 17.5 Å². The summed E-state index contributed by atoms with van der Waals surface area (Å²) in [7, 11) is -2.79. The number of sulfonamides is 1. The summed E-state index contributed by atoms with van der Waals surface area (Å²) < 4.78 is 72.7. The fourth-order valence-electron chi connectivity index (χ4n) is 3.45. The van der Waals surface area contributed by atoms with Crippen molar-refractivity contribution in [2.24, 2.45) is 0 Å². The Hall–Kier alpha value is -3.24. The lowest BCUT2D eigenvalue weighted by atomic mass is 10.1. The van der Waals surface area contributed by atoms with Crippen LogP contribution in [0.15, 0.2) is 77.7 Å². The van der Waals surface area contributed by atoms with Gasteiger partial charge in [0.25, 0.3) is 10.0 Å². The maximum atomic E-state index is 13.4. The minimum atomic E-state index is -4.81. The van der Waals surface area contributed by atoms with E-state index in [9.17, 15) is 26.4 Å². The lowest BCUT2D eigenvalue weighted by Crippen LogP contribution is -2.41. The molecule has 0 heterocycles. The van der Waals surface area contributed by atoms with E-state index in [4.69, 9.17) is 16.3 Å². The summed E-state index contributed by atoms with van der Waals surface area (Å²) in [6.45, 7) is -0.473. The van der Waals surface area contributed by atoms with E-state index >= 15 is 0 Å². The number of carbonyl (C=O) groups excluding carboxylic acids is 1. The molecular formula is C25H24ClF3N2O4S. The molecule has 3 aromatic rings. The molecule has 0 radical (unpaired) electrons. The molecule has 0 aliphatic rings. The number of benzene rings is 3. The Balaban J connectivity index is 1.79. The van der Waals surface area contributed by atoms with Gasteiger partial charge < -0.3 is 10.1 Å². The molecule has 0 atom stereocenters. The van der Waals surface area contributed by atoms with Crippen LogP contribution >= 0.6 is 11.6 Å². The largest absolute Gasteiger partial charge is 0.497 e. The van der Waals surface area contributed by atoms with E-state index in [1.54, 1.807) is 13.2 Å². The molecule has 6 nitrogen and oxygen atoms in total. The Morgan fingerprint density at radius 2 is 1.75 bits per heavy atom. The monoisotopic (exact) mass is 540 g/mol. The van der Waals surface area contributed by atoms with Crippen LogP contribution in [0.25, 0.3) is 0 Å². The number of amides is 1. The molecule has 3 rings (SSSR count). The van der Waals surface area contributed by atoms with Crippen molar-refractivity contribution >= 4 is 33.2 Å². The van der Waals surface area contributed by atoms with E-state index in [2.05, 4.69) is 5.32 Å². The molecule has 0 saturated carbocycles. The predicted octanol–water partition coefficient (Wildman–Crippen LogP) is 5.31. The molecular weight excluding hydrogens is 517 g/mol. The van der Waals surface area contributed by atoms with Gasteiger partial charge in [0, 0.05) is 6.54 Å². The molecule has 0 saturated heterocycles. The number of hydrogen-bond donors (Lipinski definition) is 1. The average Bonchev–Trinajstić information content (AvgIpc) is 2.85. The fraction of sp³-hybridized carbons (Fsp3) is 0.240. The maximum absolute atomic E-state index is 13.4. The fourth-order valence-corrected chi connectivity index (χ4v) is 5.11. The summed E-state index contributed by atoms with van der Waals surface area (Å²) in [4.78, 5) is 12.5. The highest BCUT2D eigenvalue weighted by molar-refractivity contribution is 7.92. The minimum Gasteiger partial charge on any atom is -0.497 e. The van der Waals surface area contributed by atoms with Crippen molar-refractivity contribution < 1.29 is 31.1 Å². The van der Waals surface area contributed by atoms with Crippen LogP contribution in [0.3, 0.4) is 0 Å². The van der Waals surface area contributed by atoms with E-state index < -0.39 is 39.2 Å². The number of rotatable bonds is 10. The van der Waals surface area contributed by atoms with Crippen molar-refractivity contribution in [2.45, 2.75) is 23.9 Å². The first kappa shape index (κ1) is 27.3. The number of methoxy groups -OCH3 is 1. The summed E-state index contributed by atoms with van der Waals surface area (Å²) in [5.74, 6) is 0.0446. The first-order valence-corrected chi connectivity index (χ1v) is 12.7. The molecule has 0 aromatic heterocycles. The molecule has 0 fully saturated rings. The molecule has 192 valence electrons. The van der Waals surface area contributed by atoms with Crippen LogP contribution in [-0.2, 0) is 27.4 Å². The highest BCUT2D eigenvalue weighted by Gasteiger charge is 2.35. The van der Waals surface area contributed by atoms with Crippen LogP contribution < -0.4 is 14.4 Å². The second-order valence-electron chi connectivity index (χ2n) is 7.79. The van der Waals surface area contributed by atoms with E-state index in [-0.39, 0.29) is 17.1 Å². The van der Waals surface area contributed by atoms with Crippen LogP contribution in [-0.4, -0.2) is 34.5 Å². The molecule has 1 N–H and O–H groups in total. The standard InChI is InChI=1S/C25H24ClF3N2O4S/c1-35-20-9-5-7-18(15-20)8-6-14-30-24(32)17-31(36(33,34)21-10-3-2-4-11-21)19-12-13-23(26)22(16-19)25(27,28)29/h2-5,7,9-13,15-16H,6,8,14,17H2,1H3,(H,30,32). The molecule has 36 heavy (non-hydrogen) atoms. The summed E-state index contributed by atoms with van der Waals surface area (Å²) in [6, 6.07) is 17.3. The number of halogens is 4. The zero-order valence-electron chi connectivity index (χ0n) is 19.3. The number of hydrogen-bond acceptors (Lipinski definition) is 4. The summed E-state index contributed by atoms with van der Waals surface area (Å²) in [5, 5.41) is 2.06. The maximum Gasteiger partial charge on any atom is 0.417 e. The molecule has 3 aromatic carbocycles. The first-order chi connectivity index (χ1) is 17.0. The van der Waals surface area contributed by atoms with Gasteiger partial charge in [-0.05, 0) is 60.9 Å². The van der Waals surface area contributed by atoms with Gasteiger partial charge >= 0.3 is 6.18 Å². The normalized spacial score (nSPS) is 11.7. The van der Waals surface area contributed by atoms with Crippen molar-refractivity contribution in [3.8, 4) is 5.75 Å². The number of aryl methyl sites for hydroxylation is 1. The molecule has 0 aliphatic carbocycles.